The van der Waals surface area contributed by atoms with Crippen LogP contribution in [0.4, 0.5) is 0 Å². The van der Waals surface area contributed by atoms with E-state index in [1.807, 2.05) is 93.5 Å². The van der Waals surface area contributed by atoms with Crippen molar-refractivity contribution in [3.63, 3.8) is 0 Å². The molecule has 0 fully saturated rings. The minimum absolute atomic E-state index is 0. The van der Waals surface area contributed by atoms with E-state index in [0.29, 0.717) is 11.5 Å². The number of benzene rings is 2. The van der Waals surface area contributed by atoms with Gasteiger partial charge in [0.2, 0.25) is 0 Å². The van der Waals surface area contributed by atoms with Crippen LogP contribution in [0.1, 0.15) is 0 Å². The molecular weight excluding hydrogens is 971 g/mol. The number of imidazole rings is 4. The molecule has 0 aliphatic rings. The molecule has 0 amide bonds. The molecular formula is C34H22N10O2Pt2. The van der Waals surface area contributed by atoms with Crippen molar-refractivity contribution >= 4 is 43.6 Å². The minimum atomic E-state index is 0. The third kappa shape index (κ3) is 4.91. The molecule has 2 aromatic carbocycles. The Bertz CT molecular complexity index is 2450. The zero-order chi connectivity index (χ0) is 30.8. The second-order valence-electron chi connectivity index (χ2n) is 10.7. The van der Waals surface area contributed by atoms with Gasteiger partial charge in [-0.25, -0.2) is 9.97 Å². The predicted molar refractivity (Wildman–Crippen MR) is 170 cm³/mol. The van der Waals surface area contributed by atoms with Crippen LogP contribution < -0.4 is 9.97 Å². The van der Waals surface area contributed by atoms with Gasteiger partial charge in [-0.1, -0.05) is 72.2 Å². The summed E-state index contributed by atoms with van der Waals surface area (Å²) in [4.78, 5) is 26.3. The first kappa shape index (κ1) is 31.4. The van der Waals surface area contributed by atoms with E-state index >= 15 is 0 Å². The van der Waals surface area contributed by atoms with E-state index in [1.54, 1.807) is 37.3 Å². The summed E-state index contributed by atoms with van der Waals surface area (Å²) in [7, 11) is 3.87. The number of para-hydroxylation sites is 2. The Balaban J connectivity index is 0.000000146. The molecule has 10 aromatic rings. The topological polar surface area (TPSA) is 126 Å². The van der Waals surface area contributed by atoms with Crippen molar-refractivity contribution < 1.29 is 51.0 Å². The molecule has 0 radical (unpaired) electrons. The average Bonchev–Trinajstić information content (AvgIpc) is 3.90. The van der Waals surface area contributed by atoms with Crippen molar-refractivity contribution in [1.82, 2.24) is 48.2 Å². The average molecular weight is 993 g/mol. The summed E-state index contributed by atoms with van der Waals surface area (Å²) >= 11 is 0. The van der Waals surface area contributed by atoms with Crippen LogP contribution in [0.5, 0.6) is 0 Å². The van der Waals surface area contributed by atoms with Gasteiger partial charge in [-0.05, 0) is 22.1 Å². The number of aromatic nitrogens is 10. The Morgan fingerprint density at radius 2 is 1.02 bits per heavy atom. The van der Waals surface area contributed by atoms with E-state index in [9.17, 15) is 0 Å². The Morgan fingerprint density at radius 3 is 1.40 bits per heavy atom. The third-order valence-corrected chi connectivity index (χ3v) is 8.07. The number of furan rings is 2. The van der Waals surface area contributed by atoms with Crippen LogP contribution in [0.3, 0.4) is 0 Å². The molecule has 10 rings (SSSR count). The number of hydrogen-bond acceptors (Lipinski definition) is 6. The fourth-order valence-corrected chi connectivity index (χ4v) is 5.86. The molecule has 48 heavy (non-hydrogen) atoms. The first-order valence-corrected chi connectivity index (χ1v) is 14.4. The molecule has 0 saturated heterocycles. The van der Waals surface area contributed by atoms with Crippen LogP contribution >= 0.6 is 0 Å². The number of rotatable bonds is 4. The van der Waals surface area contributed by atoms with Gasteiger partial charge in [0.05, 0.1) is 12.5 Å². The summed E-state index contributed by atoms with van der Waals surface area (Å²) in [5, 5.41) is 4.06. The predicted octanol–water partition coefficient (Wildman–Crippen LogP) is 5.85. The van der Waals surface area contributed by atoms with Crippen molar-refractivity contribution in [2.24, 2.45) is 14.1 Å². The summed E-state index contributed by atoms with van der Waals surface area (Å²) in [6, 6.07) is 12.1. The van der Waals surface area contributed by atoms with E-state index in [2.05, 4.69) is 32.6 Å². The van der Waals surface area contributed by atoms with Gasteiger partial charge in [0.15, 0.2) is 23.2 Å². The molecule has 0 atom stereocenters. The van der Waals surface area contributed by atoms with Gasteiger partial charge in [-0.15, -0.1) is 11.0 Å². The van der Waals surface area contributed by atoms with Crippen LogP contribution in [0, 0.1) is 12.7 Å². The number of aryl methyl sites for hydroxylation is 2. The van der Waals surface area contributed by atoms with Crippen molar-refractivity contribution in [2.75, 3.05) is 0 Å². The summed E-state index contributed by atoms with van der Waals surface area (Å²) in [5.41, 5.74) is 5.34. The van der Waals surface area contributed by atoms with E-state index in [1.165, 1.54) is 0 Å². The molecule has 14 heteroatoms. The molecule has 0 saturated carbocycles. The van der Waals surface area contributed by atoms with Gasteiger partial charge in [-0.3, -0.25) is 0 Å². The molecule has 0 bridgehead atoms. The van der Waals surface area contributed by atoms with Gasteiger partial charge in [-0.2, -0.15) is 0 Å². The molecule has 0 spiro atoms. The maximum Gasteiger partial charge on any atom is 2.00 e. The SMILES string of the molecule is Cn1ccnc1-c1occ2c1[n-]c1c(-n3[c-]ncc3)cccc12.Cn1ccnc1-c1occ2c1[n-]c1c(-n3[c-]ncc3)cccc12.[Pt+2].[Pt+2]. The van der Waals surface area contributed by atoms with Crippen molar-refractivity contribution in [1.29, 1.82) is 0 Å². The van der Waals surface area contributed by atoms with Crippen LogP contribution in [0.2, 0.25) is 0 Å². The van der Waals surface area contributed by atoms with Gasteiger partial charge in [0, 0.05) is 62.3 Å². The van der Waals surface area contributed by atoms with Crippen molar-refractivity contribution in [3.8, 4) is 34.5 Å². The molecule has 8 heterocycles. The van der Waals surface area contributed by atoms with E-state index in [4.69, 9.17) is 18.8 Å². The molecule has 0 N–H and O–H groups in total. The Hall–Kier alpha value is -5.18. The van der Waals surface area contributed by atoms with Gasteiger partial charge in [0.1, 0.15) is 0 Å². The number of nitrogens with zero attached hydrogens (tertiary/aromatic N) is 10. The summed E-state index contributed by atoms with van der Waals surface area (Å²) < 4.78 is 19.0. The Kier molecular flexibility index (Phi) is 8.15. The quantitative estimate of drug-likeness (QED) is 0.201. The summed E-state index contributed by atoms with van der Waals surface area (Å²) in [6.07, 6.45) is 23.7. The van der Waals surface area contributed by atoms with E-state index in [0.717, 1.165) is 66.6 Å². The molecule has 0 aliphatic carbocycles. The smallest absolute Gasteiger partial charge is 0.660 e. The third-order valence-electron chi connectivity index (χ3n) is 8.07. The van der Waals surface area contributed by atoms with Crippen molar-refractivity contribution in [3.05, 3.63) is 111 Å². The Labute approximate surface area is 301 Å². The van der Waals surface area contributed by atoms with Gasteiger partial charge < -0.3 is 47.0 Å². The Morgan fingerprint density at radius 1 is 0.562 bits per heavy atom. The van der Waals surface area contributed by atoms with Gasteiger partial charge in [0.25, 0.3) is 0 Å². The van der Waals surface area contributed by atoms with Crippen LogP contribution in [-0.4, -0.2) is 38.2 Å². The molecule has 240 valence electrons. The largest absolute Gasteiger partial charge is 2.00 e. The maximum atomic E-state index is 5.75. The van der Waals surface area contributed by atoms with Gasteiger partial charge >= 0.3 is 42.1 Å². The van der Waals surface area contributed by atoms with E-state index < -0.39 is 0 Å². The van der Waals surface area contributed by atoms with Crippen LogP contribution in [0.25, 0.3) is 78.2 Å². The monoisotopic (exact) mass is 992 g/mol. The zero-order valence-corrected chi connectivity index (χ0v) is 29.7. The zero-order valence-electron chi connectivity index (χ0n) is 25.2. The molecule has 0 unspecified atom stereocenters. The number of fused-ring (bicyclic) bond motifs is 6. The maximum absolute atomic E-state index is 5.75. The second-order valence-corrected chi connectivity index (χ2v) is 10.7. The second kappa shape index (κ2) is 12.4. The van der Waals surface area contributed by atoms with Crippen LogP contribution in [0.15, 0.2) is 107 Å². The molecule has 8 aromatic heterocycles. The molecule has 12 nitrogen and oxygen atoms in total. The first-order chi connectivity index (χ1) is 22.7. The molecule has 0 aliphatic heterocycles. The number of hydrogen-bond donors (Lipinski definition) is 0. The summed E-state index contributed by atoms with van der Waals surface area (Å²) in [5.74, 6) is 2.89. The summed E-state index contributed by atoms with van der Waals surface area (Å²) in [6.45, 7) is 0. The van der Waals surface area contributed by atoms with E-state index in [-0.39, 0.29) is 42.1 Å². The van der Waals surface area contributed by atoms with Crippen molar-refractivity contribution in [2.45, 2.75) is 0 Å². The fourth-order valence-electron chi connectivity index (χ4n) is 5.86. The van der Waals surface area contributed by atoms with Crippen LogP contribution in [-0.2, 0) is 56.2 Å². The standard InChI is InChI=1S/2C17H11N5O.2Pt/c2*1-21-7-6-19-17(21)16-15-12(9-23-16)11-3-2-4-13(14(11)20-15)22-8-5-18-10-22;;/h2*2-9H,1H3;;/q2*-2;2*+2. The fraction of sp³-hybridized carbons (Fsp3) is 0.0588. The normalized spacial score (nSPS) is 11.2. The first-order valence-electron chi connectivity index (χ1n) is 14.4. The minimum Gasteiger partial charge on any atom is -0.660 e.